The molecule has 1 N–H and O–H groups in total. The van der Waals surface area contributed by atoms with Gasteiger partial charge in [0.25, 0.3) is 17.7 Å². The van der Waals surface area contributed by atoms with Crippen molar-refractivity contribution in [1.82, 2.24) is 9.80 Å². The second kappa shape index (κ2) is 7.37. The molecule has 2 heterocycles. The highest BCUT2D eigenvalue weighted by Crippen LogP contribution is 2.32. The SMILES string of the molecule is O=C(O)[C@H]1CCCN(C(=O)c2ccc3c(c2)C(=O)N(C2CCCCC2)C3=O)C1. The molecule has 0 bridgehead atoms. The van der Waals surface area contributed by atoms with Gasteiger partial charge in [-0.25, -0.2) is 0 Å². The minimum Gasteiger partial charge on any atom is -0.481 e. The molecule has 4 rings (SSSR count). The first-order chi connectivity index (χ1) is 13.5. The maximum Gasteiger partial charge on any atom is 0.308 e. The molecule has 0 radical (unpaired) electrons. The number of fused-ring (bicyclic) bond motifs is 1. The van der Waals surface area contributed by atoms with Crippen molar-refractivity contribution in [2.75, 3.05) is 13.1 Å². The zero-order chi connectivity index (χ0) is 19.8. The Labute approximate surface area is 163 Å². The molecule has 7 heteroatoms. The van der Waals surface area contributed by atoms with Gasteiger partial charge in [0.1, 0.15) is 0 Å². The number of rotatable bonds is 3. The highest BCUT2D eigenvalue weighted by atomic mass is 16.4. The number of nitrogens with zero attached hydrogens (tertiary/aromatic N) is 2. The lowest BCUT2D eigenvalue weighted by Gasteiger charge is -2.30. The number of aliphatic carboxylic acids is 1. The number of hydrogen-bond donors (Lipinski definition) is 1. The summed E-state index contributed by atoms with van der Waals surface area (Å²) in [5, 5.41) is 9.23. The van der Waals surface area contributed by atoms with Crippen LogP contribution in [0.3, 0.4) is 0 Å². The summed E-state index contributed by atoms with van der Waals surface area (Å²) in [6, 6.07) is 4.58. The number of amides is 3. The molecule has 28 heavy (non-hydrogen) atoms. The third-order valence-corrected chi connectivity index (χ3v) is 6.16. The average Bonchev–Trinajstić information content (AvgIpc) is 2.98. The molecule has 7 nitrogen and oxygen atoms in total. The first kappa shape index (κ1) is 18.7. The summed E-state index contributed by atoms with van der Waals surface area (Å²) in [6.07, 6.45) is 6.03. The van der Waals surface area contributed by atoms with E-state index >= 15 is 0 Å². The average molecular weight is 384 g/mol. The maximum atomic E-state index is 12.9. The second-order valence-corrected chi connectivity index (χ2v) is 7.96. The number of carbonyl (C=O) groups excluding carboxylic acids is 3. The fraction of sp³-hybridized carbons (Fsp3) is 0.524. The highest BCUT2D eigenvalue weighted by Gasteiger charge is 2.40. The van der Waals surface area contributed by atoms with Gasteiger partial charge in [0.05, 0.1) is 17.0 Å². The largest absolute Gasteiger partial charge is 0.481 e. The van der Waals surface area contributed by atoms with Gasteiger partial charge in [-0.1, -0.05) is 19.3 Å². The zero-order valence-electron chi connectivity index (χ0n) is 15.7. The van der Waals surface area contributed by atoms with Crippen molar-refractivity contribution >= 4 is 23.7 Å². The number of likely N-dealkylation sites (tertiary alicyclic amines) is 1. The molecule has 0 aromatic heterocycles. The number of carboxylic acid groups (broad SMARTS) is 1. The molecule has 148 valence electrons. The van der Waals surface area contributed by atoms with Gasteiger partial charge in [-0.15, -0.1) is 0 Å². The summed E-state index contributed by atoms with van der Waals surface area (Å²) in [7, 11) is 0. The number of benzene rings is 1. The predicted octanol–water partition coefficient (Wildman–Crippen LogP) is 2.55. The van der Waals surface area contributed by atoms with Crippen LogP contribution in [-0.2, 0) is 4.79 Å². The lowest BCUT2D eigenvalue weighted by molar-refractivity contribution is -0.143. The van der Waals surface area contributed by atoms with Gasteiger partial charge in [0.15, 0.2) is 0 Å². The third kappa shape index (κ3) is 3.19. The van der Waals surface area contributed by atoms with Gasteiger partial charge >= 0.3 is 5.97 Å². The molecule has 2 aliphatic heterocycles. The quantitative estimate of drug-likeness (QED) is 0.808. The van der Waals surface area contributed by atoms with E-state index in [1.165, 1.54) is 15.9 Å². The standard InChI is InChI=1S/C21H24N2O5/c24-18(22-10-4-5-14(12-22)21(27)28)13-8-9-16-17(11-13)20(26)23(19(16)25)15-6-2-1-3-7-15/h8-9,11,14-15H,1-7,10,12H2,(H,27,28)/t14-/m0/s1. The van der Waals surface area contributed by atoms with Crippen LogP contribution in [0.4, 0.5) is 0 Å². The van der Waals surface area contributed by atoms with E-state index in [9.17, 15) is 24.3 Å². The third-order valence-electron chi connectivity index (χ3n) is 6.16. The van der Waals surface area contributed by atoms with Gasteiger partial charge in [-0.2, -0.15) is 0 Å². The molecule has 0 spiro atoms. The van der Waals surface area contributed by atoms with Crippen molar-refractivity contribution in [3.05, 3.63) is 34.9 Å². The van der Waals surface area contributed by atoms with E-state index in [0.717, 1.165) is 32.1 Å². The van der Waals surface area contributed by atoms with Crippen LogP contribution >= 0.6 is 0 Å². The summed E-state index contributed by atoms with van der Waals surface area (Å²) in [4.78, 5) is 52.7. The van der Waals surface area contributed by atoms with Crippen LogP contribution in [0.1, 0.15) is 76.0 Å². The van der Waals surface area contributed by atoms with Crippen molar-refractivity contribution in [3.8, 4) is 0 Å². The molecule has 2 fully saturated rings. The van der Waals surface area contributed by atoms with E-state index in [-0.39, 0.29) is 35.9 Å². The van der Waals surface area contributed by atoms with E-state index in [1.807, 2.05) is 0 Å². The molecule has 1 saturated carbocycles. The smallest absolute Gasteiger partial charge is 0.308 e. The van der Waals surface area contributed by atoms with Gasteiger partial charge in [-0.05, 0) is 43.9 Å². The van der Waals surface area contributed by atoms with E-state index in [2.05, 4.69) is 0 Å². The summed E-state index contributed by atoms with van der Waals surface area (Å²) in [6.45, 7) is 0.674. The highest BCUT2D eigenvalue weighted by molar-refractivity contribution is 6.22. The fourth-order valence-electron chi connectivity index (χ4n) is 4.61. The molecular formula is C21H24N2O5. The zero-order valence-corrected chi connectivity index (χ0v) is 15.7. The van der Waals surface area contributed by atoms with Crippen molar-refractivity contribution in [2.24, 2.45) is 5.92 Å². The van der Waals surface area contributed by atoms with Crippen molar-refractivity contribution < 1.29 is 24.3 Å². The Balaban J connectivity index is 1.56. The Kier molecular flexibility index (Phi) is 4.91. The van der Waals surface area contributed by atoms with Crippen LogP contribution in [0.5, 0.6) is 0 Å². The predicted molar refractivity (Wildman–Crippen MR) is 100 cm³/mol. The Morgan fingerprint density at radius 2 is 1.64 bits per heavy atom. The second-order valence-electron chi connectivity index (χ2n) is 7.96. The van der Waals surface area contributed by atoms with Crippen LogP contribution in [0.2, 0.25) is 0 Å². The first-order valence-corrected chi connectivity index (χ1v) is 10.0. The van der Waals surface area contributed by atoms with E-state index in [1.54, 1.807) is 12.1 Å². The number of piperidine rings is 1. The van der Waals surface area contributed by atoms with Crippen LogP contribution in [0.15, 0.2) is 18.2 Å². The fourth-order valence-corrected chi connectivity index (χ4v) is 4.61. The molecule has 1 aromatic rings. The minimum absolute atomic E-state index is 0.0567. The summed E-state index contributed by atoms with van der Waals surface area (Å²) in [5.74, 6) is -2.32. The van der Waals surface area contributed by atoms with Crippen LogP contribution in [-0.4, -0.2) is 57.7 Å². The topological polar surface area (TPSA) is 95.0 Å². The Bertz CT molecular complexity index is 843. The monoisotopic (exact) mass is 384 g/mol. The number of carbonyl (C=O) groups is 4. The van der Waals surface area contributed by atoms with Crippen LogP contribution in [0.25, 0.3) is 0 Å². The normalized spacial score (nSPS) is 23.1. The van der Waals surface area contributed by atoms with Crippen LogP contribution < -0.4 is 0 Å². The van der Waals surface area contributed by atoms with E-state index in [4.69, 9.17) is 0 Å². The first-order valence-electron chi connectivity index (χ1n) is 10.0. The van der Waals surface area contributed by atoms with E-state index in [0.29, 0.717) is 30.5 Å². The van der Waals surface area contributed by atoms with Gasteiger partial charge in [0, 0.05) is 24.7 Å². The van der Waals surface area contributed by atoms with E-state index < -0.39 is 11.9 Å². The number of imide groups is 1. The summed E-state index contributed by atoms with van der Waals surface area (Å²) < 4.78 is 0. The number of hydrogen-bond acceptors (Lipinski definition) is 4. The Hall–Kier alpha value is -2.70. The van der Waals surface area contributed by atoms with Crippen LogP contribution in [0, 0.1) is 5.92 Å². The summed E-state index contributed by atoms with van der Waals surface area (Å²) in [5.41, 5.74) is 0.971. The van der Waals surface area contributed by atoms with Gasteiger partial charge in [0.2, 0.25) is 0 Å². The lowest BCUT2D eigenvalue weighted by atomic mass is 9.94. The Morgan fingerprint density at radius 1 is 0.929 bits per heavy atom. The van der Waals surface area contributed by atoms with Crippen molar-refractivity contribution in [1.29, 1.82) is 0 Å². The molecule has 0 unspecified atom stereocenters. The molecular weight excluding hydrogens is 360 g/mol. The molecule has 1 saturated heterocycles. The van der Waals surface area contributed by atoms with Gasteiger partial charge < -0.3 is 10.0 Å². The molecule has 1 aromatic carbocycles. The summed E-state index contributed by atoms with van der Waals surface area (Å²) >= 11 is 0. The molecule has 1 aliphatic carbocycles. The lowest BCUT2D eigenvalue weighted by Crippen LogP contribution is -2.42. The van der Waals surface area contributed by atoms with Crippen molar-refractivity contribution in [2.45, 2.75) is 51.0 Å². The minimum atomic E-state index is -0.893. The maximum absolute atomic E-state index is 12.9. The molecule has 1 atom stereocenters. The molecule has 3 aliphatic rings. The molecule has 3 amide bonds. The van der Waals surface area contributed by atoms with Crippen molar-refractivity contribution in [3.63, 3.8) is 0 Å². The number of carboxylic acids is 1. The Morgan fingerprint density at radius 3 is 2.36 bits per heavy atom. The van der Waals surface area contributed by atoms with Gasteiger partial charge in [-0.3, -0.25) is 24.1 Å².